The van der Waals surface area contributed by atoms with Crippen molar-refractivity contribution in [3.05, 3.63) is 61.8 Å². The van der Waals surface area contributed by atoms with Crippen LogP contribution in [0.3, 0.4) is 0 Å². The van der Waals surface area contributed by atoms with Crippen LogP contribution in [-0.4, -0.2) is 15.8 Å². The Labute approximate surface area is 143 Å². The zero-order valence-electron chi connectivity index (χ0n) is 11.4. The third-order valence-corrected chi connectivity index (χ3v) is 4.87. The maximum absolute atomic E-state index is 12.2. The van der Waals surface area contributed by atoms with Gasteiger partial charge in [-0.05, 0) is 17.5 Å². The molecule has 0 aliphatic heterocycles. The molecule has 6 nitrogen and oxygen atoms in total. The molecule has 0 radical (unpaired) electrons. The molecule has 0 unspecified atom stereocenters. The maximum Gasteiger partial charge on any atom is 0.270 e. The lowest BCUT2D eigenvalue weighted by molar-refractivity contribution is -0.384. The molecule has 0 spiro atoms. The second-order valence-electron chi connectivity index (χ2n) is 4.39. The van der Waals surface area contributed by atoms with E-state index < -0.39 is 10.8 Å². The van der Waals surface area contributed by atoms with E-state index in [-0.39, 0.29) is 16.3 Å². The van der Waals surface area contributed by atoms with Crippen molar-refractivity contribution in [3.63, 3.8) is 0 Å². The number of hydrogen-bond acceptors (Lipinski definition) is 6. The molecule has 3 aromatic rings. The number of nitro benzene ring substituents is 1. The number of carbonyl (C=O) groups excluding carboxylic acids is 1. The van der Waals surface area contributed by atoms with E-state index in [1.54, 1.807) is 11.3 Å². The molecule has 0 fully saturated rings. The van der Waals surface area contributed by atoms with Crippen LogP contribution in [-0.2, 0) is 0 Å². The normalized spacial score (nSPS) is 10.5. The highest BCUT2D eigenvalue weighted by atomic mass is 35.5. The largest absolute Gasteiger partial charge is 0.298 e. The Hall–Kier alpha value is -2.29. The summed E-state index contributed by atoms with van der Waals surface area (Å²) in [6.07, 6.45) is 0. The Kier molecular flexibility index (Phi) is 4.37. The Morgan fingerprint density at radius 3 is 2.78 bits per heavy atom. The number of nitrogens with one attached hydrogen (secondary N) is 1. The van der Waals surface area contributed by atoms with E-state index in [0.717, 1.165) is 16.6 Å². The van der Waals surface area contributed by atoms with Crippen molar-refractivity contribution in [1.29, 1.82) is 0 Å². The summed E-state index contributed by atoms with van der Waals surface area (Å²) in [7, 11) is 0. The Morgan fingerprint density at radius 2 is 2.13 bits per heavy atom. The minimum Gasteiger partial charge on any atom is -0.298 e. The highest BCUT2D eigenvalue weighted by Gasteiger charge is 2.16. The van der Waals surface area contributed by atoms with Crippen molar-refractivity contribution in [2.45, 2.75) is 0 Å². The molecule has 0 atom stereocenters. The van der Waals surface area contributed by atoms with Crippen LogP contribution in [0.2, 0.25) is 5.02 Å². The third-order valence-electron chi connectivity index (χ3n) is 2.91. The van der Waals surface area contributed by atoms with E-state index >= 15 is 0 Å². The average molecular weight is 366 g/mol. The molecular weight excluding hydrogens is 358 g/mol. The van der Waals surface area contributed by atoms with E-state index in [0.29, 0.717) is 5.13 Å². The van der Waals surface area contributed by atoms with E-state index in [2.05, 4.69) is 10.3 Å². The molecule has 0 saturated carbocycles. The summed E-state index contributed by atoms with van der Waals surface area (Å²) in [6, 6.07) is 7.57. The van der Waals surface area contributed by atoms with Gasteiger partial charge in [0.25, 0.3) is 11.6 Å². The number of thiazole rings is 1. The van der Waals surface area contributed by atoms with Gasteiger partial charge in [-0.15, -0.1) is 22.7 Å². The number of non-ortho nitro benzene ring substituents is 1. The fraction of sp³-hybridized carbons (Fsp3) is 0. The van der Waals surface area contributed by atoms with Gasteiger partial charge in [-0.2, -0.15) is 0 Å². The molecular formula is C14H8ClN3O3S2. The minimum atomic E-state index is -0.568. The molecule has 116 valence electrons. The zero-order valence-corrected chi connectivity index (χ0v) is 13.7. The Bertz CT molecular complexity index is 877. The summed E-state index contributed by atoms with van der Waals surface area (Å²) in [5.74, 6) is -0.461. The van der Waals surface area contributed by atoms with Crippen LogP contribution in [0.15, 0.2) is 41.1 Å². The number of hydrogen-bond donors (Lipinski definition) is 1. The van der Waals surface area contributed by atoms with Crippen LogP contribution in [0.1, 0.15) is 10.4 Å². The third kappa shape index (κ3) is 3.39. The van der Waals surface area contributed by atoms with Gasteiger partial charge in [0, 0.05) is 17.5 Å². The van der Waals surface area contributed by atoms with Crippen LogP contribution in [0.25, 0.3) is 10.6 Å². The van der Waals surface area contributed by atoms with Gasteiger partial charge in [0.05, 0.1) is 26.1 Å². The molecule has 2 heterocycles. The van der Waals surface area contributed by atoms with Crippen molar-refractivity contribution < 1.29 is 9.72 Å². The summed E-state index contributed by atoms with van der Waals surface area (Å²) in [4.78, 5) is 27.7. The number of benzene rings is 1. The van der Waals surface area contributed by atoms with Crippen molar-refractivity contribution in [2.75, 3.05) is 5.32 Å². The van der Waals surface area contributed by atoms with Gasteiger partial charge < -0.3 is 0 Å². The number of rotatable bonds is 4. The van der Waals surface area contributed by atoms with Gasteiger partial charge in [0.1, 0.15) is 0 Å². The number of nitrogens with zero attached hydrogens (tertiary/aromatic N) is 2. The molecule has 0 aliphatic rings. The van der Waals surface area contributed by atoms with Crippen LogP contribution in [0.5, 0.6) is 0 Å². The zero-order chi connectivity index (χ0) is 16.4. The first-order valence-corrected chi connectivity index (χ1v) is 8.43. The van der Waals surface area contributed by atoms with Crippen LogP contribution >= 0.6 is 34.3 Å². The molecule has 0 saturated heterocycles. The van der Waals surface area contributed by atoms with Crippen molar-refractivity contribution in [2.24, 2.45) is 0 Å². The van der Waals surface area contributed by atoms with Gasteiger partial charge >= 0.3 is 0 Å². The van der Waals surface area contributed by atoms with Crippen molar-refractivity contribution in [1.82, 2.24) is 4.98 Å². The first kappa shape index (κ1) is 15.6. The minimum absolute atomic E-state index is 0.0201. The lowest BCUT2D eigenvalue weighted by Crippen LogP contribution is -2.12. The lowest BCUT2D eigenvalue weighted by Gasteiger charge is -2.03. The lowest BCUT2D eigenvalue weighted by atomic mass is 10.2. The van der Waals surface area contributed by atoms with Crippen LogP contribution in [0.4, 0.5) is 10.8 Å². The number of anilines is 1. The molecule has 9 heteroatoms. The number of nitro groups is 1. The van der Waals surface area contributed by atoms with Crippen molar-refractivity contribution in [3.8, 4) is 10.6 Å². The summed E-state index contributed by atoms with van der Waals surface area (Å²) in [6.45, 7) is 0. The molecule has 0 aliphatic carbocycles. The summed E-state index contributed by atoms with van der Waals surface area (Å²) in [5.41, 5.74) is 0.779. The maximum atomic E-state index is 12.2. The molecule has 3 rings (SSSR count). The highest BCUT2D eigenvalue weighted by Crippen LogP contribution is 2.29. The molecule has 1 amide bonds. The molecule has 2 aromatic heterocycles. The van der Waals surface area contributed by atoms with E-state index in [4.69, 9.17) is 11.6 Å². The summed E-state index contributed by atoms with van der Waals surface area (Å²) < 4.78 is 0. The monoisotopic (exact) mass is 365 g/mol. The highest BCUT2D eigenvalue weighted by molar-refractivity contribution is 7.16. The molecule has 23 heavy (non-hydrogen) atoms. The van der Waals surface area contributed by atoms with Gasteiger partial charge in [-0.25, -0.2) is 4.98 Å². The van der Waals surface area contributed by atoms with Gasteiger partial charge in [0.15, 0.2) is 5.13 Å². The fourth-order valence-corrected chi connectivity index (χ4v) is 3.56. The predicted molar refractivity (Wildman–Crippen MR) is 91.5 cm³/mol. The summed E-state index contributed by atoms with van der Waals surface area (Å²) >= 11 is 8.80. The van der Waals surface area contributed by atoms with Gasteiger partial charge in [-0.1, -0.05) is 17.7 Å². The molecule has 0 bridgehead atoms. The van der Waals surface area contributed by atoms with Crippen LogP contribution in [0, 0.1) is 10.1 Å². The predicted octanol–water partition coefficient (Wildman–Crippen LogP) is 4.69. The quantitative estimate of drug-likeness (QED) is 0.537. The number of carbonyl (C=O) groups is 1. The van der Waals surface area contributed by atoms with E-state index in [1.165, 1.54) is 23.5 Å². The Balaban J connectivity index is 1.78. The fourth-order valence-electron chi connectivity index (χ4n) is 1.83. The summed E-state index contributed by atoms with van der Waals surface area (Å²) in [5, 5.41) is 17.6. The molecule has 1 N–H and O–H groups in total. The average Bonchev–Trinajstić information content (AvgIpc) is 3.17. The first-order chi connectivity index (χ1) is 11.0. The first-order valence-electron chi connectivity index (χ1n) is 6.29. The smallest absolute Gasteiger partial charge is 0.270 e. The van der Waals surface area contributed by atoms with E-state index in [1.807, 2.05) is 22.9 Å². The van der Waals surface area contributed by atoms with Gasteiger partial charge in [-0.3, -0.25) is 20.2 Å². The Morgan fingerprint density at radius 1 is 1.30 bits per heavy atom. The second-order valence-corrected chi connectivity index (χ2v) is 6.60. The number of thiophene rings is 1. The number of aromatic nitrogens is 1. The van der Waals surface area contributed by atoms with Crippen LogP contribution < -0.4 is 5.32 Å². The van der Waals surface area contributed by atoms with E-state index in [9.17, 15) is 14.9 Å². The number of amides is 1. The number of halogens is 1. The molecule has 1 aromatic carbocycles. The standard InChI is InChI=1S/C14H8ClN3O3S2/c15-10-6-8(18(20)21)3-4-9(10)13(19)17-14-16-11(7-23-14)12-2-1-5-22-12/h1-7H,(H,16,17,19). The second kappa shape index (κ2) is 6.45. The van der Waals surface area contributed by atoms with Gasteiger partial charge in [0.2, 0.25) is 0 Å². The topological polar surface area (TPSA) is 85.1 Å². The van der Waals surface area contributed by atoms with Crippen molar-refractivity contribution >= 4 is 51.0 Å². The SMILES string of the molecule is O=C(Nc1nc(-c2cccs2)cs1)c1ccc([N+](=O)[O-])cc1Cl.